The number of likely N-dealkylation sites (tertiary alicyclic amines) is 1. The van der Waals surface area contributed by atoms with Gasteiger partial charge in [-0.05, 0) is 33.6 Å². The third-order valence-electron chi connectivity index (χ3n) is 2.44. The molecule has 1 fully saturated rings. The van der Waals surface area contributed by atoms with Crippen LogP contribution in [-0.2, 0) is 9.53 Å². The second kappa shape index (κ2) is 4.94. The zero-order valence-electron chi connectivity index (χ0n) is 9.95. The molecule has 4 heteroatoms. The number of hydrogen-bond donors (Lipinski definition) is 1. The molecule has 15 heavy (non-hydrogen) atoms. The summed E-state index contributed by atoms with van der Waals surface area (Å²) in [6.07, 6.45) is 2.02. The van der Waals surface area contributed by atoms with Crippen molar-refractivity contribution in [1.82, 2.24) is 4.90 Å². The van der Waals surface area contributed by atoms with Crippen molar-refractivity contribution in [3.05, 3.63) is 0 Å². The molecular formula is C11H22N2O2. The molecule has 1 unspecified atom stereocenters. The zero-order valence-corrected chi connectivity index (χ0v) is 9.95. The summed E-state index contributed by atoms with van der Waals surface area (Å²) >= 11 is 0. The second-order valence-corrected chi connectivity index (χ2v) is 5.14. The van der Waals surface area contributed by atoms with E-state index in [1.54, 1.807) is 4.90 Å². The molecule has 0 aromatic rings. The van der Waals surface area contributed by atoms with Crippen LogP contribution in [0.15, 0.2) is 0 Å². The molecule has 88 valence electrons. The Morgan fingerprint density at radius 1 is 1.53 bits per heavy atom. The van der Waals surface area contributed by atoms with E-state index in [0.717, 1.165) is 19.4 Å². The van der Waals surface area contributed by atoms with E-state index < -0.39 is 0 Å². The summed E-state index contributed by atoms with van der Waals surface area (Å²) in [6, 6.07) is 0.136. The number of piperidine rings is 1. The third kappa shape index (κ3) is 4.62. The van der Waals surface area contributed by atoms with Gasteiger partial charge in [-0.15, -0.1) is 0 Å². The lowest BCUT2D eigenvalue weighted by Gasteiger charge is -2.31. The molecule has 1 amide bonds. The average molecular weight is 214 g/mol. The van der Waals surface area contributed by atoms with E-state index in [9.17, 15) is 4.79 Å². The molecule has 0 aromatic carbocycles. The molecule has 0 spiro atoms. The van der Waals surface area contributed by atoms with Gasteiger partial charge in [0.25, 0.3) is 0 Å². The van der Waals surface area contributed by atoms with Gasteiger partial charge in [0.2, 0.25) is 5.91 Å². The first kappa shape index (κ1) is 12.5. The molecule has 1 heterocycles. The fourth-order valence-corrected chi connectivity index (χ4v) is 1.61. The Morgan fingerprint density at radius 2 is 2.20 bits per heavy atom. The van der Waals surface area contributed by atoms with Gasteiger partial charge < -0.3 is 15.4 Å². The molecule has 1 atom stereocenters. The molecule has 0 radical (unpaired) electrons. The van der Waals surface area contributed by atoms with Crippen molar-refractivity contribution in [3.8, 4) is 0 Å². The van der Waals surface area contributed by atoms with Gasteiger partial charge in [0, 0.05) is 19.1 Å². The Hall–Kier alpha value is -0.610. The molecule has 1 rings (SSSR count). The number of amides is 1. The Bertz CT molecular complexity index is 223. The van der Waals surface area contributed by atoms with Gasteiger partial charge in [-0.1, -0.05) is 0 Å². The van der Waals surface area contributed by atoms with E-state index in [1.807, 2.05) is 20.8 Å². The van der Waals surface area contributed by atoms with Crippen LogP contribution in [0.4, 0.5) is 0 Å². The number of nitrogens with two attached hydrogens (primary N) is 1. The van der Waals surface area contributed by atoms with Crippen LogP contribution in [0.5, 0.6) is 0 Å². The van der Waals surface area contributed by atoms with Crippen molar-refractivity contribution in [2.45, 2.75) is 45.3 Å². The predicted molar refractivity (Wildman–Crippen MR) is 59.5 cm³/mol. The lowest BCUT2D eigenvalue weighted by atomic mass is 10.1. The highest BCUT2D eigenvalue weighted by molar-refractivity contribution is 5.77. The molecule has 0 aliphatic carbocycles. The Labute approximate surface area is 91.8 Å². The summed E-state index contributed by atoms with van der Waals surface area (Å²) in [7, 11) is 0. The van der Waals surface area contributed by atoms with Crippen molar-refractivity contribution in [2.24, 2.45) is 5.73 Å². The minimum Gasteiger partial charge on any atom is -0.366 e. The van der Waals surface area contributed by atoms with Gasteiger partial charge in [-0.2, -0.15) is 0 Å². The SMILES string of the molecule is CC(C)(C)OCC(=O)N1CCCC(N)C1. The molecular weight excluding hydrogens is 192 g/mol. The standard InChI is InChI=1S/C11H22N2O2/c1-11(2,3)15-8-10(14)13-6-4-5-9(12)7-13/h9H,4-8,12H2,1-3H3. The van der Waals surface area contributed by atoms with Crippen molar-refractivity contribution < 1.29 is 9.53 Å². The smallest absolute Gasteiger partial charge is 0.248 e. The van der Waals surface area contributed by atoms with Gasteiger partial charge in [0.05, 0.1) is 5.60 Å². The number of carbonyl (C=O) groups excluding carboxylic acids is 1. The molecule has 0 bridgehead atoms. The molecule has 0 aromatic heterocycles. The van der Waals surface area contributed by atoms with Gasteiger partial charge >= 0.3 is 0 Å². The summed E-state index contributed by atoms with van der Waals surface area (Å²) in [5.41, 5.74) is 5.55. The Morgan fingerprint density at radius 3 is 2.73 bits per heavy atom. The first-order valence-electron chi connectivity index (χ1n) is 5.56. The average Bonchev–Trinajstić information content (AvgIpc) is 2.13. The summed E-state index contributed by atoms with van der Waals surface area (Å²) in [4.78, 5) is 13.5. The third-order valence-corrected chi connectivity index (χ3v) is 2.44. The quantitative estimate of drug-likeness (QED) is 0.738. The van der Waals surface area contributed by atoms with Gasteiger partial charge in [-0.25, -0.2) is 0 Å². The zero-order chi connectivity index (χ0) is 11.5. The monoisotopic (exact) mass is 214 g/mol. The van der Waals surface area contributed by atoms with E-state index >= 15 is 0 Å². The van der Waals surface area contributed by atoms with Crippen molar-refractivity contribution >= 4 is 5.91 Å². The molecule has 4 nitrogen and oxygen atoms in total. The van der Waals surface area contributed by atoms with Crippen molar-refractivity contribution in [3.63, 3.8) is 0 Å². The largest absolute Gasteiger partial charge is 0.366 e. The van der Waals surface area contributed by atoms with Crippen LogP contribution in [0.3, 0.4) is 0 Å². The first-order chi connectivity index (χ1) is 6.88. The molecule has 1 aliphatic heterocycles. The van der Waals surface area contributed by atoms with Crippen LogP contribution in [0, 0.1) is 0 Å². The van der Waals surface area contributed by atoms with E-state index in [2.05, 4.69) is 0 Å². The number of nitrogens with zero attached hydrogens (tertiary/aromatic N) is 1. The fourth-order valence-electron chi connectivity index (χ4n) is 1.61. The summed E-state index contributed by atoms with van der Waals surface area (Å²) in [5, 5.41) is 0. The molecule has 1 saturated heterocycles. The van der Waals surface area contributed by atoms with Crippen molar-refractivity contribution in [1.29, 1.82) is 0 Å². The number of hydrogen-bond acceptors (Lipinski definition) is 3. The summed E-state index contributed by atoms with van der Waals surface area (Å²) in [6.45, 7) is 7.50. The van der Waals surface area contributed by atoms with Crippen LogP contribution < -0.4 is 5.73 Å². The Balaban J connectivity index is 2.33. The number of carbonyl (C=O) groups is 1. The predicted octanol–water partition coefficient (Wildman–Crippen LogP) is 0.751. The topological polar surface area (TPSA) is 55.6 Å². The maximum Gasteiger partial charge on any atom is 0.248 e. The summed E-state index contributed by atoms with van der Waals surface area (Å²) in [5.74, 6) is 0.0556. The van der Waals surface area contributed by atoms with Gasteiger partial charge in [0.15, 0.2) is 0 Å². The highest BCUT2D eigenvalue weighted by Crippen LogP contribution is 2.11. The van der Waals surface area contributed by atoms with Gasteiger partial charge in [-0.3, -0.25) is 4.79 Å². The maximum absolute atomic E-state index is 11.7. The molecule has 0 saturated carbocycles. The van der Waals surface area contributed by atoms with E-state index in [0.29, 0.717) is 6.54 Å². The second-order valence-electron chi connectivity index (χ2n) is 5.14. The maximum atomic E-state index is 11.7. The van der Waals surface area contributed by atoms with Crippen LogP contribution >= 0.6 is 0 Å². The van der Waals surface area contributed by atoms with Gasteiger partial charge in [0.1, 0.15) is 6.61 Å². The van der Waals surface area contributed by atoms with Crippen molar-refractivity contribution in [2.75, 3.05) is 19.7 Å². The molecule has 2 N–H and O–H groups in total. The Kier molecular flexibility index (Phi) is 4.11. The fraction of sp³-hybridized carbons (Fsp3) is 0.909. The highest BCUT2D eigenvalue weighted by Gasteiger charge is 2.22. The minimum absolute atomic E-state index is 0.0556. The van der Waals surface area contributed by atoms with E-state index in [1.165, 1.54) is 0 Å². The molecule has 1 aliphatic rings. The number of ether oxygens (including phenoxy) is 1. The highest BCUT2D eigenvalue weighted by atomic mass is 16.5. The summed E-state index contributed by atoms with van der Waals surface area (Å²) < 4.78 is 5.45. The number of rotatable bonds is 2. The van der Waals surface area contributed by atoms with Crippen LogP contribution in [-0.4, -0.2) is 42.1 Å². The van der Waals surface area contributed by atoms with E-state index in [4.69, 9.17) is 10.5 Å². The van der Waals surface area contributed by atoms with Crippen LogP contribution in [0.25, 0.3) is 0 Å². The minimum atomic E-state index is -0.256. The van der Waals surface area contributed by atoms with Crippen LogP contribution in [0.1, 0.15) is 33.6 Å². The first-order valence-corrected chi connectivity index (χ1v) is 5.56. The van der Waals surface area contributed by atoms with Crippen LogP contribution in [0.2, 0.25) is 0 Å². The van der Waals surface area contributed by atoms with E-state index in [-0.39, 0.29) is 24.2 Å². The lowest BCUT2D eigenvalue weighted by molar-refractivity contribution is -0.142. The lowest BCUT2D eigenvalue weighted by Crippen LogP contribution is -2.47. The normalized spacial score (nSPS) is 22.9.